The van der Waals surface area contributed by atoms with E-state index in [1.807, 2.05) is 0 Å². The highest BCUT2D eigenvalue weighted by Crippen LogP contribution is 2.33. The third-order valence-corrected chi connectivity index (χ3v) is 6.52. The number of sulfonamides is 1. The topological polar surface area (TPSA) is 59.1 Å². The molecule has 2 aromatic rings. The summed E-state index contributed by atoms with van der Waals surface area (Å²) < 4.78 is 27.9. The van der Waals surface area contributed by atoms with Gasteiger partial charge in [-0.2, -0.15) is 0 Å². The van der Waals surface area contributed by atoms with Crippen LogP contribution in [0.1, 0.15) is 17.0 Å². The molecule has 8 heteroatoms. The summed E-state index contributed by atoms with van der Waals surface area (Å²) in [6.45, 7) is 0. The number of aryl methyl sites for hydroxylation is 2. The Kier molecular flexibility index (Phi) is 3.79. The van der Waals surface area contributed by atoms with Crippen LogP contribution in [0, 0.1) is 0 Å². The van der Waals surface area contributed by atoms with Crippen molar-refractivity contribution in [2.45, 2.75) is 24.2 Å². The molecule has 0 amide bonds. The van der Waals surface area contributed by atoms with E-state index in [1.54, 1.807) is 12.1 Å². The molecule has 1 aromatic carbocycles. The van der Waals surface area contributed by atoms with Crippen LogP contribution in [0.15, 0.2) is 27.6 Å². The second-order valence-electron chi connectivity index (χ2n) is 4.42. The van der Waals surface area contributed by atoms with Gasteiger partial charge in [-0.25, -0.2) is 13.4 Å². The fourth-order valence-electron chi connectivity index (χ4n) is 2.10. The second kappa shape index (κ2) is 5.29. The van der Waals surface area contributed by atoms with Gasteiger partial charge in [0.2, 0.25) is 0 Å². The molecule has 3 rings (SSSR count). The van der Waals surface area contributed by atoms with Crippen LogP contribution in [-0.4, -0.2) is 13.4 Å². The van der Waals surface area contributed by atoms with E-state index in [1.165, 1.54) is 22.3 Å². The summed E-state index contributed by atoms with van der Waals surface area (Å²) in [6.07, 6.45) is 3.00. The Bertz CT molecular complexity index is 752. The molecule has 20 heavy (non-hydrogen) atoms. The molecule has 106 valence electrons. The van der Waals surface area contributed by atoms with E-state index in [0.29, 0.717) is 5.13 Å². The van der Waals surface area contributed by atoms with Crippen molar-refractivity contribution in [3.63, 3.8) is 0 Å². The minimum Gasteiger partial charge on any atom is -0.255 e. The molecule has 1 aliphatic carbocycles. The molecule has 0 atom stereocenters. The molecule has 1 aromatic heterocycles. The zero-order chi connectivity index (χ0) is 14.3. The van der Waals surface area contributed by atoms with Crippen molar-refractivity contribution in [3.05, 3.63) is 38.3 Å². The number of rotatable bonds is 3. The smallest absolute Gasteiger partial charge is 0.255 e. The zero-order valence-corrected chi connectivity index (χ0v) is 14.2. The number of aromatic nitrogens is 1. The number of anilines is 1. The van der Waals surface area contributed by atoms with Crippen molar-refractivity contribution < 1.29 is 8.42 Å². The summed E-state index contributed by atoms with van der Waals surface area (Å²) in [7, 11) is -3.70. The highest BCUT2D eigenvalue weighted by molar-refractivity contribution is 9.10. The molecule has 0 saturated carbocycles. The van der Waals surface area contributed by atoms with Crippen LogP contribution in [0.25, 0.3) is 0 Å². The number of nitrogens with one attached hydrogen (secondary N) is 1. The van der Waals surface area contributed by atoms with Crippen LogP contribution in [0.4, 0.5) is 5.13 Å². The summed E-state index contributed by atoms with van der Waals surface area (Å²) in [4.78, 5) is 5.55. The van der Waals surface area contributed by atoms with E-state index < -0.39 is 10.0 Å². The van der Waals surface area contributed by atoms with E-state index in [4.69, 9.17) is 11.6 Å². The summed E-state index contributed by atoms with van der Waals surface area (Å²) in [5.41, 5.74) is 1.01. The quantitative estimate of drug-likeness (QED) is 0.861. The average molecular weight is 394 g/mol. The van der Waals surface area contributed by atoms with Gasteiger partial charge in [0.25, 0.3) is 10.0 Å². The van der Waals surface area contributed by atoms with E-state index in [0.717, 1.165) is 29.4 Å². The number of fused-ring (bicyclic) bond motifs is 1. The summed E-state index contributed by atoms with van der Waals surface area (Å²) in [6, 6.07) is 4.66. The molecular weight excluding hydrogens is 384 g/mol. The van der Waals surface area contributed by atoms with Crippen LogP contribution < -0.4 is 4.72 Å². The predicted octanol–water partition coefficient (Wildman–Crippen LogP) is 3.85. The Morgan fingerprint density at radius 2 is 2.15 bits per heavy atom. The Hall–Kier alpha value is -0.630. The molecule has 1 N–H and O–H groups in total. The Labute approximate surface area is 134 Å². The molecule has 0 spiro atoms. The van der Waals surface area contributed by atoms with Gasteiger partial charge in [-0.15, -0.1) is 11.3 Å². The molecule has 1 aliphatic rings. The predicted molar refractivity (Wildman–Crippen MR) is 84.1 cm³/mol. The van der Waals surface area contributed by atoms with Gasteiger partial charge in [-0.1, -0.05) is 27.5 Å². The molecule has 0 unspecified atom stereocenters. The number of thiazole rings is 1. The maximum atomic E-state index is 12.3. The minimum atomic E-state index is -3.70. The third kappa shape index (κ3) is 2.72. The molecule has 0 radical (unpaired) electrons. The third-order valence-electron chi connectivity index (χ3n) is 3.00. The SMILES string of the molecule is O=S(=O)(Nc1nc2c(s1)CCC2)c1ccc(Br)cc1Cl. The number of nitrogens with zero attached hydrogens (tertiary/aromatic N) is 1. The van der Waals surface area contributed by atoms with E-state index >= 15 is 0 Å². The van der Waals surface area contributed by atoms with Crippen molar-refractivity contribution >= 4 is 54.0 Å². The Balaban J connectivity index is 1.91. The second-order valence-corrected chi connectivity index (χ2v) is 8.48. The number of hydrogen-bond acceptors (Lipinski definition) is 4. The largest absolute Gasteiger partial charge is 0.265 e. The van der Waals surface area contributed by atoms with Crippen molar-refractivity contribution in [1.29, 1.82) is 0 Å². The maximum absolute atomic E-state index is 12.3. The van der Waals surface area contributed by atoms with Gasteiger partial charge in [-0.05, 0) is 37.5 Å². The first-order valence-corrected chi connectivity index (χ1v) is 9.39. The maximum Gasteiger partial charge on any atom is 0.265 e. The number of halogens is 2. The van der Waals surface area contributed by atoms with E-state index in [-0.39, 0.29) is 9.92 Å². The van der Waals surface area contributed by atoms with Crippen LogP contribution >= 0.6 is 38.9 Å². The molecule has 1 heterocycles. The first-order chi connectivity index (χ1) is 9.45. The molecule has 0 saturated heterocycles. The fraction of sp³-hybridized carbons (Fsp3) is 0.250. The van der Waals surface area contributed by atoms with Gasteiger partial charge >= 0.3 is 0 Å². The van der Waals surface area contributed by atoms with Gasteiger partial charge in [0.15, 0.2) is 5.13 Å². The van der Waals surface area contributed by atoms with E-state index in [2.05, 4.69) is 25.6 Å². The van der Waals surface area contributed by atoms with Crippen molar-refractivity contribution in [2.75, 3.05) is 4.72 Å². The van der Waals surface area contributed by atoms with Gasteiger partial charge in [0, 0.05) is 9.35 Å². The lowest BCUT2D eigenvalue weighted by molar-refractivity contribution is 0.601. The van der Waals surface area contributed by atoms with Crippen LogP contribution in [0.2, 0.25) is 5.02 Å². The molecule has 0 fully saturated rings. The van der Waals surface area contributed by atoms with E-state index in [9.17, 15) is 8.42 Å². The number of benzene rings is 1. The summed E-state index contributed by atoms with van der Waals surface area (Å²) in [5.74, 6) is 0. The van der Waals surface area contributed by atoms with Crippen LogP contribution in [-0.2, 0) is 22.9 Å². The van der Waals surface area contributed by atoms with Crippen molar-refractivity contribution in [1.82, 2.24) is 4.98 Å². The zero-order valence-electron chi connectivity index (χ0n) is 10.2. The lowest BCUT2D eigenvalue weighted by atomic mass is 10.4. The first-order valence-electron chi connectivity index (χ1n) is 5.92. The lowest BCUT2D eigenvalue weighted by Gasteiger charge is -2.07. The minimum absolute atomic E-state index is 0.0535. The van der Waals surface area contributed by atoms with Gasteiger partial charge in [0.1, 0.15) is 4.90 Å². The molecule has 4 nitrogen and oxygen atoms in total. The summed E-state index contributed by atoms with van der Waals surface area (Å²) in [5, 5.41) is 0.588. The van der Waals surface area contributed by atoms with Gasteiger partial charge in [0.05, 0.1) is 10.7 Å². The fourth-order valence-corrected chi connectivity index (χ4v) is 5.42. The highest BCUT2D eigenvalue weighted by Gasteiger charge is 2.22. The highest BCUT2D eigenvalue weighted by atomic mass is 79.9. The van der Waals surface area contributed by atoms with Crippen LogP contribution in [0.5, 0.6) is 0 Å². The normalized spacial score (nSPS) is 14.3. The standard InChI is InChI=1S/C12H10BrClN2O2S2/c13-7-4-5-11(8(14)6-7)20(17,18)16-12-15-9-2-1-3-10(9)19-12/h4-6H,1-3H2,(H,15,16). The van der Waals surface area contributed by atoms with Crippen molar-refractivity contribution in [2.24, 2.45) is 0 Å². The monoisotopic (exact) mass is 392 g/mol. The van der Waals surface area contributed by atoms with Crippen molar-refractivity contribution in [3.8, 4) is 0 Å². The summed E-state index contributed by atoms with van der Waals surface area (Å²) >= 11 is 10.6. The molecule has 0 aliphatic heterocycles. The molecular formula is C12H10BrClN2O2S2. The molecule has 0 bridgehead atoms. The number of hydrogen-bond donors (Lipinski definition) is 1. The Morgan fingerprint density at radius 1 is 1.35 bits per heavy atom. The average Bonchev–Trinajstić information content (AvgIpc) is 2.87. The van der Waals surface area contributed by atoms with Gasteiger partial charge in [-0.3, -0.25) is 4.72 Å². The van der Waals surface area contributed by atoms with Gasteiger partial charge < -0.3 is 0 Å². The Morgan fingerprint density at radius 3 is 2.85 bits per heavy atom. The van der Waals surface area contributed by atoms with Crippen LogP contribution in [0.3, 0.4) is 0 Å². The first kappa shape index (κ1) is 14.3. The lowest BCUT2D eigenvalue weighted by Crippen LogP contribution is -2.13.